The quantitative estimate of drug-likeness (QED) is 0.202. The van der Waals surface area contributed by atoms with Crippen LogP contribution in [0.15, 0.2) is 152 Å². The molecule has 2 atom stereocenters. The Morgan fingerprint density at radius 3 is 1.91 bits per heavy atom. The maximum Gasteiger partial charge on any atom is 0.132 e. The summed E-state index contributed by atoms with van der Waals surface area (Å²) in [5, 5.41) is 14.3. The minimum atomic E-state index is -0.0306. The molecule has 0 N–H and O–H groups in total. The SMILES string of the molecule is N#Cc1ccc2c(c1)c1ccccc1n2-c1cccc(-c2cc(-n3c4ccccc4c4ccccc43)cc3c2OC2C=CC=CC32)c1. The second-order valence-electron chi connectivity index (χ2n) is 12.4. The number of ether oxygens (including phenoxy) is 1. The molecule has 2 aliphatic rings. The number of aromatic nitrogens is 2. The van der Waals surface area contributed by atoms with Gasteiger partial charge < -0.3 is 13.9 Å². The molecular formula is C43H27N3O. The molecule has 3 heterocycles. The number of fused-ring (bicyclic) bond motifs is 9. The van der Waals surface area contributed by atoms with Gasteiger partial charge in [0.2, 0.25) is 0 Å². The van der Waals surface area contributed by atoms with E-state index in [1.807, 2.05) is 12.1 Å². The Labute approximate surface area is 271 Å². The Morgan fingerprint density at radius 2 is 1.19 bits per heavy atom. The van der Waals surface area contributed by atoms with Crippen molar-refractivity contribution in [2.45, 2.75) is 12.0 Å². The first-order valence-electron chi connectivity index (χ1n) is 16.0. The van der Waals surface area contributed by atoms with Crippen LogP contribution in [0.1, 0.15) is 17.0 Å². The van der Waals surface area contributed by atoms with Crippen LogP contribution in [0.4, 0.5) is 0 Å². The van der Waals surface area contributed by atoms with Gasteiger partial charge in [-0.15, -0.1) is 0 Å². The fourth-order valence-corrected chi connectivity index (χ4v) is 7.81. The fraction of sp³-hybridized carbons (Fsp3) is 0.0465. The molecule has 0 saturated heterocycles. The normalized spacial score (nSPS) is 16.5. The van der Waals surface area contributed by atoms with Crippen LogP contribution in [0.3, 0.4) is 0 Å². The zero-order valence-corrected chi connectivity index (χ0v) is 25.3. The van der Waals surface area contributed by atoms with Crippen LogP contribution in [-0.4, -0.2) is 15.2 Å². The number of para-hydroxylation sites is 3. The number of rotatable bonds is 3. The van der Waals surface area contributed by atoms with Gasteiger partial charge in [0.15, 0.2) is 0 Å². The lowest BCUT2D eigenvalue weighted by Crippen LogP contribution is -2.15. The third kappa shape index (κ3) is 3.75. The van der Waals surface area contributed by atoms with Crippen molar-refractivity contribution in [3.05, 3.63) is 163 Å². The molecule has 220 valence electrons. The summed E-state index contributed by atoms with van der Waals surface area (Å²) < 4.78 is 11.5. The van der Waals surface area contributed by atoms with Crippen LogP contribution in [0.5, 0.6) is 5.75 Å². The lowest BCUT2D eigenvalue weighted by Gasteiger charge is -2.16. The summed E-state index contributed by atoms with van der Waals surface area (Å²) >= 11 is 0. The lowest BCUT2D eigenvalue weighted by molar-refractivity contribution is 0.270. The molecule has 1 aliphatic carbocycles. The maximum absolute atomic E-state index is 9.64. The van der Waals surface area contributed by atoms with Gasteiger partial charge in [-0.1, -0.05) is 85.0 Å². The van der Waals surface area contributed by atoms with E-state index in [9.17, 15) is 5.26 Å². The van der Waals surface area contributed by atoms with E-state index in [4.69, 9.17) is 4.74 Å². The predicted octanol–water partition coefficient (Wildman–Crippen LogP) is 10.4. The molecular weight excluding hydrogens is 574 g/mol. The highest BCUT2D eigenvalue weighted by atomic mass is 16.5. The first kappa shape index (κ1) is 26.0. The highest BCUT2D eigenvalue weighted by molar-refractivity contribution is 6.10. The molecule has 4 heteroatoms. The van der Waals surface area contributed by atoms with Crippen molar-refractivity contribution >= 4 is 43.6 Å². The number of allylic oxidation sites excluding steroid dienone is 2. The third-order valence-corrected chi connectivity index (χ3v) is 9.86. The van der Waals surface area contributed by atoms with Crippen molar-refractivity contribution in [1.29, 1.82) is 5.26 Å². The molecule has 0 spiro atoms. The maximum atomic E-state index is 9.64. The summed E-state index contributed by atoms with van der Waals surface area (Å²) in [5.74, 6) is 1.09. The molecule has 6 aromatic carbocycles. The molecule has 47 heavy (non-hydrogen) atoms. The highest BCUT2D eigenvalue weighted by Crippen LogP contribution is 2.49. The van der Waals surface area contributed by atoms with Crippen molar-refractivity contribution in [1.82, 2.24) is 9.13 Å². The molecule has 0 saturated carbocycles. The predicted molar refractivity (Wildman–Crippen MR) is 191 cm³/mol. The summed E-state index contributed by atoms with van der Waals surface area (Å²) in [4.78, 5) is 0. The van der Waals surface area contributed by atoms with Gasteiger partial charge in [0, 0.05) is 50.0 Å². The van der Waals surface area contributed by atoms with Crippen molar-refractivity contribution in [3.8, 4) is 34.3 Å². The molecule has 0 radical (unpaired) electrons. The van der Waals surface area contributed by atoms with Gasteiger partial charge in [0.05, 0.1) is 33.7 Å². The third-order valence-electron chi connectivity index (χ3n) is 9.86. The molecule has 1 aliphatic heterocycles. The van der Waals surface area contributed by atoms with Gasteiger partial charge in [-0.3, -0.25) is 0 Å². The first-order chi connectivity index (χ1) is 23.3. The van der Waals surface area contributed by atoms with E-state index < -0.39 is 0 Å². The smallest absolute Gasteiger partial charge is 0.132 e. The van der Waals surface area contributed by atoms with Crippen LogP contribution in [-0.2, 0) is 0 Å². The van der Waals surface area contributed by atoms with Crippen molar-refractivity contribution in [2.75, 3.05) is 0 Å². The average molecular weight is 602 g/mol. The van der Waals surface area contributed by atoms with Crippen LogP contribution < -0.4 is 4.74 Å². The van der Waals surface area contributed by atoms with E-state index in [1.54, 1.807) is 0 Å². The first-order valence-corrected chi connectivity index (χ1v) is 16.0. The average Bonchev–Trinajstić information content (AvgIpc) is 3.79. The summed E-state index contributed by atoms with van der Waals surface area (Å²) in [6, 6.07) is 47.4. The largest absolute Gasteiger partial charge is 0.484 e. The van der Waals surface area contributed by atoms with Gasteiger partial charge in [0.1, 0.15) is 11.9 Å². The Balaban J connectivity index is 1.23. The molecule has 4 nitrogen and oxygen atoms in total. The van der Waals surface area contributed by atoms with E-state index in [0.29, 0.717) is 5.56 Å². The zero-order valence-electron chi connectivity index (χ0n) is 25.3. The summed E-state index contributed by atoms with van der Waals surface area (Å²) in [7, 11) is 0. The fourth-order valence-electron chi connectivity index (χ4n) is 7.81. The number of benzene rings is 6. The monoisotopic (exact) mass is 601 g/mol. The number of hydrogen-bond acceptors (Lipinski definition) is 2. The minimum Gasteiger partial charge on any atom is -0.484 e. The van der Waals surface area contributed by atoms with Gasteiger partial charge >= 0.3 is 0 Å². The number of nitriles is 1. The molecule has 0 amide bonds. The van der Waals surface area contributed by atoms with Crippen LogP contribution in [0, 0.1) is 11.3 Å². The second kappa shape index (κ2) is 9.84. The number of hydrogen-bond donors (Lipinski definition) is 0. The standard InChI is InChI=1S/C43H27N3O/c44-26-27-20-21-41-36(22-27)33-14-3-7-18-40(33)45(41)29-11-9-10-28(23-29)35-24-30(25-37-34-15-4-8-19-42(34)47-43(35)37)46-38-16-5-1-12-31(38)32-13-2-6-17-39(32)46/h1-25,34,42H. The van der Waals surface area contributed by atoms with Crippen LogP contribution in [0.2, 0.25) is 0 Å². The Hall–Kier alpha value is -6.31. The van der Waals surface area contributed by atoms with Gasteiger partial charge in [-0.2, -0.15) is 5.26 Å². The molecule has 2 aromatic heterocycles. The van der Waals surface area contributed by atoms with E-state index in [0.717, 1.165) is 50.1 Å². The Morgan fingerprint density at radius 1 is 0.553 bits per heavy atom. The highest BCUT2D eigenvalue weighted by Gasteiger charge is 2.35. The molecule has 0 fully saturated rings. The van der Waals surface area contributed by atoms with E-state index in [1.165, 1.54) is 27.4 Å². The van der Waals surface area contributed by atoms with Crippen molar-refractivity contribution in [3.63, 3.8) is 0 Å². The second-order valence-corrected chi connectivity index (χ2v) is 12.4. The topological polar surface area (TPSA) is 42.9 Å². The summed E-state index contributed by atoms with van der Waals surface area (Å²) in [6.45, 7) is 0. The van der Waals surface area contributed by atoms with E-state index >= 15 is 0 Å². The number of nitrogens with zero attached hydrogens (tertiary/aromatic N) is 3. The van der Waals surface area contributed by atoms with Crippen molar-refractivity contribution < 1.29 is 4.74 Å². The van der Waals surface area contributed by atoms with Crippen molar-refractivity contribution in [2.24, 2.45) is 0 Å². The summed E-state index contributed by atoms with van der Waals surface area (Å²) in [5.41, 5.74) is 10.8. The summed E-state index contributed by atoms with van der Waals surface area (Å²) in [6.07, 6.45) is 8.62. The molecule has 0 bridgehead atoms. The van der Waals surface area contributed by atoms with Gasteiger partial charge in [-0.25, -0.2) is 0 Å². The van der Waals surface area contributed by atoms with Gasteiger partial charge in [-0.05, 0) is 72.3 Å². The molecule has 2 unspecified atom stereocenters. The molecule has 10 rings (SSSR count). The Kier molecular flexibility index (Phi) is 5.44. The molecule has 8 aromatic rings. The van der Waals surface area contributed by atoms with E-state index in [2.05, 4.69) is 155 Å². The van der Waals surface area contributed by atoms with Gasteiger partial charge in [0.25, 0.3) is 0 Å². The van der Waals surface area contributed by atoms with E-state index in [-0.39, 0.29) is 12.0 Å². The zero-order chi connectivity index (χ0) is 31.1. The van der Waals surface area contributed by atoms with Crippen LogP contribution >= 0.6 is 0 Å². The minimum absolute atomic E-state index is 0.0306. The Bertz CT molecular complexity index is 2640. The van der Waals surface area contributed by atoms with Crippen LogP contribution in [0.25, 0.3) is 66.1 Å². The lowest BCUT2D eigenvalue weighted by atomic mass is 9.89.